The van der Waals surface area contributed by atoms with Gasteiger partial charge in [-0.2, -0.15) is 0 Å². The number of carbonyl (C=O) groups excluding carboxylic acids is 1. The van der Waals surface area contributed by atoms with Gasteiger partial charge in [-0.25, -0.2) is 13.6 Å². The lowest BCUT2D eigenvalue weighted by molar-refractivity contribution is 0.0767. The summed E-state index contributed by atoms with van der Waals surface area (Å²) >= 11 is 0. The van der Waals surface area contributed by atoms with Crippen LogP contribution in [-0.4, -0.2) is 46.5 Å². The van der Waals surface area contributed by atoms with E-state index in [1.54, 1.807) is 4.90 Å². The molecule has 136 valence electrons. The van der Waals surface area contributed by atoms with Gasteiger partial charge in [-0.15, -0.1) is 0 Å². The van der Waals surface area contributed by atoms with Crippen molar-refractivity contribution in [1.29, 1.82) is 0 Å². The van der Waals surface area contributed by atoms with E-state index in [-0.39, 0.29) is 22.1 Å². The van der Waals surface area contributed by atoms with Gasteiger partial charge in [-0.05, 0) is 19.8 Å². The first-order chi connectivity index (χ1) is 11.1. The van der Waals surface area contributed by atoms with Gasteiger partial charge >= 0.3 is 0 Å². The quantitative estimate of drug-likeness (QED) is 0.803. The highest BCUT2D eigenvalue weighted by molar-refractivity contribution is 7.89. The third-order valence-electron chi connectivity index (χ3n) is 3.82. The Morgan fingerprint density at radius 2 is 1.75 bits per heavy atom. The van der Waals surface area contributed by atoms with Crippen LogP contribution in [-0.2, 0) is 10.0 Å². The lowest BCUT2D eigenvalue weighted by Crippen LogP contribution is -2.33. The van der Waals surface area contributed by atoms with Crippen molar-refractivity contribution in [1.82, 2.24) is 4.90 Å². The van der Waals surface area contributed by atoms with Crippen LogP contribution in [0.3, 0.4) is 0 Å². The van der Waals surface area contributed by atoms with Crippen LogP contribution < -0.4 is 14.6 Å². The minimum absolute atomic E-state index is 0.0499. The molecule has 1 rings (SSSR count). The summed E-state index contributed by atoms with van der Waals surface area (Å²) in [7, 11) is -1.27. The molecule has 2 N–H and O–H groups in total. The number of sulfonamides is 1. The maximum absolute atomic E-state index is 13.0. The first kappa shape index (κ1) is 20.2. The van der Waals surface area contributed by atoms with E-state index in [4.69, 9.17) is 14.6 Å². The maximum atomic E-state index is 13.0. The topological polar surface area (TPSA) is 98.9 Å². The monoisotopic (exact) mass is 358 g/mol. The zero-order valence-electron chi connectivity index (χ0n) is 15.0. The molecule has 24 heavy (non-hydrogen) atoms. The van der Waals surface area contributed by atoms with Crippen LogP contribution in [0.4, 0.5) is 0 Å². The van der Waals surface area contributed by atoms with Gasteiger partial charge in [-0.3, -0.25) is 4.79 Å². The SMILES string of the molecule is CCN(CC)C(=O)c1c(S(N)(=O)=O)cc(OC)c(OC)c1C(C)C. The molecule has 0 saturated carbocycles. The molecule has 0 saturated heterocycles. The molecule has 1 aromatic carbocycles. The molecule has 1 amide bonds. The van der Waals surface area contributed by atoms with Crippen molar-refractivity contribution in [2.45, 2.75) is 38.5 Å². The van der Waals surface area contributed by atoms with Gasteiger partial charge in [0.1, 0.15) is 0 Å². The molecular weight excluding hydrogens is 332 g/mol. The molecule has 7 nitrogen and oxygen atoms in total. The molecule has 1 aromatic rings. The number of hydrogen-bond donors (Lipinski definition) is 1. The van der Waals surface area contributed by atoms with Gasteiger partial charge in [0, 0.05) is 24.7 Å². The fourth-order valence-electron chi connectivity index (χ4n) is 2.66. The van der Waals surface area contributed by atoms with Crippen LogP contribution in [0.5, 0.6) is 11.5 Å². The lowest BCUT2D eigenvalue weighted by Gasteiger charge is -2.25. The summed E-state index contributed by atoms with van der Waals surface area (Å²) in [6.07, 6.45) is 0. The van der Waals surface area contributed by atoms with Gasteiger partial charge in [0.15, 0.2) is 11.5 Å². The molecule has 0 aliphatic heterocycles. The van der Waals surface area contributed by atoms with Crippen LogP contribution in [0, 0.1) is 0 Å². The molecule has 8 heteroatoms. The third kappa shape index (κ3) is 3.81. The Bertz CT molecular complexity index is 710. The smallest absolute Gasteiger partial charge is 0.255 e. The number of hydrogen-bond acceptors (Lipinski definition) is 5. The highest BCUT2D eigenvalue weighted by Crippen LogP contribution is 2.41. The molecule has 0 fully saturated rings. The van der Waals surface area contributed by atoms with Crippen LogP contribution in [0.1, 0.15) is 49.5 Å². The second-order valence-corrected chi connectivity index (χ2v) is 7.11. The molecule has 0 radical (unpaired) electrons. The number of methoxy groups -OCH3 is 2. The maximum Gasteiger partial charge on any atom is 0.255 e. The Kier molecular flexibility index (Phi) is 6.62. The Morgan fingerprint density at radius 1 is 1.21 bits per heavy atom. The largest absolute Gasteiger partial charge is 0.493 e. The Morgan fingerprint density at radius 3 is 2.08 bits per heavy atom. The summed E-state index contributed by atoms with van der Waals surface area (Å²) < 4.78 is 34.9. The number of ether oxygens (including phenoxy) is 2. The average Bonchev–Trinajstić information content (AvgIpc) is 2.52. The van der Waals surface area contributed by atoms with E-state index in [1.807, 2.05) is 27.7 Å². The van der Waals surface area contributed by atoms with E-state index in [1.165, 1.54) is 20.3 Å². The molecular formula is C16H26N2O5S. The summed E-state index contributed by atoms with van der Waals surface area (Å²) in [4.78, 5) is 14.3. The van der Waals surface area contributed by atoms with Crippen LogP contribution >= 0.6 is 0 Å². The molecule has 0 spiro atoms. The molecule has 0 aliphatic rings. The standard InChI is InChI=1S/C16H26N2O5S/c1-7-18(8-2)16(19)14-12(24(17,20)21)9-11(22-5)15(23-6)13(14)10(3)4/h9-10H,7-8H2,1-6H3,(H2,17,20,21). The summed E-state index contributed by atoms with van der Waals surface area (Å²) in [5.74, 6) is -0.00420. The van der Waals surface area contributed by atoms with E-state index in [0.29, 0.717) is 24.4 Å². The number of carbonyl (C=O) groups is 1. The van der Waals surface area contributed by atoms with Crippen LogP contribution in [0.15, 0.2) is 11.0 Å². The van der Waals surface area contributed by atoms with Crippen LogP contribution in [0.2, 0.25) is 0 Å². The van der Waals surface area contributed by atoms with Gasteiger partial charge in [0.2, 0.25) is 10.0 Å². The molecule has 0 aliphatic carbocycles. The zero-order chi connectivity index (χ0) is 18.7. The third-order valence-corrected chi connectivity index (χ3v) is 4.75. The predicted molar refractivity (Wildman–Crippen MR) is 92.3 cm³/mol. The Labute approximate surface area is 143 Å². The van der Waals surface area contributed by atoms with E-state index in [9.17, 15) is 13.2 Å². The molecule has 0 bridgehead atoms. The Hall–Kier alpha value is -1.80. The summed E-state index contributed by atoms with van der Waals surface area (Å²) in [5.41, 5.74) is 0.520. The number of primary sulfonamides is 1. The van der Waals surface area contributed by atoms with Gasteiger partial charge in [0.05, 0.1) is 24.7 Å². The highest BCUT2D eigenvalue weighted by Gasteiger charge is 2.31. The Balaban J connectivity index is 3.97. The highest BCUT2D eigenvalue weighted by atomic mass is 32.2. The normalized spacial score (nSPS) is 11.5. The first-order valence-electron chi connectivity index (χ1n) is 7.74. The van der Waals surface area contributed by atoms with Gasteiger partial charge < -0.3 is 14.4 Å². The van der Waals surface area contributed by atoms with Crippen molar-refractivity contribution in [2.75, 3.05) is 27.3 Å². The van der Waals surface area contributed by atoms with Crippen molar-refractivity contribution < 1.29 is 22.7 Å². The van der Waals surface area contributed by atoms with E-state index >= 15 is 0 Å². The van der Waals surface area contributed by atoms with Crippen molar-refractivity contribution in [2.24, 2.45) is 5.14 Å². The first-order valence-corrected chi connectivity index (χ1v) is 9.29. The van der Waals surface area contributed by atoms with E-state index < -0.39 is 15.9 Å². The van der Waals surface area contributed by atoms with E-state index in [2.05, 4.69) is 0 Å². The predicted octanol–water partition coefficient (Wildman–Crippen LogP) is 1.96. The second-order valence-electron chi connectivity index (χ2n) is 5.58. The fraction of sp³-hybridized carbons (Fsp3) is 0.562. The van der Waals surface area contributed by atoms with Gasteiger partial charge in [-0.1, -0.05) is 13.8 Å². The van der Waals surface area contributed by atoms with Gasteiger partial charge in [0.25, 0.3) is 5.91 Å². The number of nitrogens with two attached hydrogens (primary N) is 1. The van der Waals surface area contributed by atoms with E-state index in [0.717, 1.165) is 0 Å². The van der Waals surface area contributed by atoms with Crippen molar-refractivity contribution in [3.63, 3.8) is 0 Å². The number of rotatable bonds is 7. The van der Waals surface area contributed by atoms with Crippen molar-refractivity contribution in [3.8, 4) is 11.5 Å². The van der Waals surface area contributed by atoms with Crippen molar-refractivity contribution >= 4 is 15.9 Å². The van der Waals surface area contributed by atoms with Crippen LogP contribution in [0.25, 0.3) is 0 Å². The minimum Gasteiger partial charge on any atom is -0.493 e. The fourth-order valence-corrected chi connectivity index (χ4v) is 3.42. The molecule has 0 aromatic heterocycles. The van der Waals surface area contributed by atoms with Crippen molar-refractivity contribution in [3.05, 3.63) is 17.2 Å². The number of benzene rings is 1. The number of nitrogens with zero attached hydrogens (tertiary/aromatic N) is 1. The summed E-state index contributed by atoms with van der Waals surface area (Å²) in [6, 6.07) is 1.25. The summed E-state index contributed by atoms with van der Waals surface area (Å²) in [5, 5.41) is 5.37. The average molecular weight is 358 g/mol. The number of amides is 1. The molecule has 0 atom stereocenters. The zero-order valence-corrected chi connectivity index (χ0v) is 15.9. The second kappa shape index (κ2) is 7.85. The lowest BCUT2D eigenvalue weighted by atomic mass is 9.94. The molecule has 0 heterocycles. The summed E-state index contributed by atoms with van der Waals surface area (Å²) in [6.45, 7) is 8.25. The molecule has 0 unspecified atom stereocenters. The minimum atomic E-state index is -4.13.